The van der Waals surface area contributed by atoms with Gasteiger partial charge in [-0.3, -0.25) is 19.4 Å². The predicted octanol–water partition coefficient (Wildman–Crippen LogP) is 4.96. The maximum Gasteiger partial charge on any atom is 0.410 e. The zero-order chi connectivity index (χ0) is 29.6. The van der Waals surface area contributed by atoms with E-state index in [0.717, 1.165) is 25.9 Å². The molecule has 0 aromatic carbocycles. The second-order valence-corrected chi connectivity index (χ2v) is 13.7. The molecule has 4 aliphatic rings. The number of ether oxygens (including phenoxy) is 3. The first kappa shape index (κ1) is 31.0. The highest BCUT2D eigenvalue weighted by atomic mass is 16.6. The lowest BCUT2D eigenvalue weighted by Crippen LogP contribution is -2.58. The van der Waals surface area contributed by atoms with Crippen LogP contribution in [-0.2, 0) is 23.8 Å². The average Bonchev–Trinajstić information content (AvgIpc) is 3.17. The van der Waals surface area contributed by atoms with Crippen LogP contribution in [-0.4, -0.2) is 84.6 Å². The summed E-state index contributed by atoms with van der Waals surface area (Å²) >= 11 is 0. The summed E-state index contributed by atoms with van der Waals surface area (Å²) in [5, 5.41) is 0. The number of morpholine rings is 1. The van der Waals surface area contributed by atoms with Crippen LogP contribution in [0.4, 0.5) is 4.79 Å². The van der Waals surface area contributed by atoms with E-state index in [9.17, 15) is 14.4 Å². The molecule has 3 aliphatic heterocycles. The molecule has 0 spiro atoms. The molecule has 10 atom stereocenters. The van der Waals surface area contributed by atoms with Crippen molar-refractivity contribution >= 4 is 17.7 Å². The predicted molar refractivity (Wildman–Crippen MR) is 154 cm³/mol. The average molecular weight is 561 g/mol. The molecule has 1 saturated carbocycles. The van der Waals surface area contributed by atoms with Crippen molar-refractivity contribution in [2.45, 2.75) is 92.4 Å². The van der Waals surface area contributed by atoms with Crippen molar-refractivity contribution in [3.63, 3.8) is 0 Å². The topological polar surface area (TPSA) is 85.4 Å². The zero-order valence-corrected chi connectivity index (χ0v) is 26.0. The van der Waals surface area contributed by atoms with Crippen molar-refractivity contribution < 1.29 is 28.6 Å². The Morgan fingerprint density at radius 1 is 0.925 bits per heavy atom. The van der Waals surface area contributed by atoms with Crippen molar-refractivity contribution in [1.82, 2.24) is 9.80 Å². The summed E-state index contributed by atoms with van der Waals surface area (Å²) in [5.41, 5.74) is -1.17. The second kappa shape index (κ2) is 11.7. The SMILES string of the molecule is C=C1O[C@H](CC)[C@@]2(C)OC(=O)N(CCN3CCOCC3)[C@@H]2[C@@H](C)C(=O)[C@H](C)C[C@]2(C)CC(C)[C@@H]2[C@@H](C)C(=O)[C@H]1C. The zero-order valence-electron chi connectivity index (χ0n) is 26.0. The Kier molecular flexibility index (Phi) is 9.11. The summed E-state index contributed by atoms with van der Waals surface area (Å²) in [6.07, 6.45) is 1.32. The standard InChI is InChI=1S/C32H52N2O6/c1-10-25-32(9)29(34(30(37)40-32)12-11-33-13-15-38-16-14-33)23(6)27(35)20(3)18-31(8)17-19(2)26(31)22(5)28(36)21(4)24(7)39-25/h19-23,25-26,29H,7,10-18H2,1-6,8-9H3/t19?,20-,21+,22-,23+,25-,26-,29-,31+,32-/m1/s1. The molecule has 1 aliphatic carbocycles. The van der Waals surface area contributed by atoms with Crippen molar-refractivity contribution in [2.75, 3.05) is 39.4 Å². The molecule has 0 aromatic heterocycles. The van der Waals surface area contributed by atoms with E-state index < -0.39 is 35.7 Å². The molecule has 0 N–H and O–H groups in total. The summed E-state index contributed by atoms with van der Waals surface area (Å²) in [4.78, 5) is 45.5. The van der Waals surface area contributed by atoms with Crippen LogP contribution in [0.25, 0.3) is 0 Å². The third-order valence-corrected chi connectivity index (χ3v) is 10.8. The van der Waals surface area contributed by atoms with Gasteiger partial charge in [0.2, 0.25) is 0 Å². The summed E-state index contributed by atoms with van der Waals surface area (Å²) in [5.74, 6) is 0.0268. The molecule has 0 aromatic rings. The Balaban J connectivity index is 1.71. The van der Waals surface area contributed by atoms with E-state index in [1.165, 1.54) is 0 Å². The normalized spacial score (nSPS) is 43.8. The minimum atomic E-state index is -1.08. The first-order chi connectivity index (χ1) is 18.7. The highest BCUT2D eigenvalue weighted by Crippen LogP contribution is 2.58. The largest absolute Gasteiger partial charge is 0.490 e. The molecular weight excluding hydrogens is 508 g/mol. The molecule has 3 heterocycles. The Morgan fingerprint density at radius 2 is 1.57 bits per heavy atom. The molecule has 0 radical (unpaired) electrons. The highest BCUT2D eigenvalue weighted by Gasteiger charge is 2.60. The molecule has 40 heavy (non-hydrogen) atoms. The van der Waals surface area contributed by atoms with Crippen LogP contribution in [0.1, 0.15) is 74.7 Å². The Hall–Kier alpha value is -1.93. The van der Waals surface area contributed by atoms with Crippen molar-refractivity contribution in [3.05, 3.63) is 12.3 Å². The Bertz CT molecular complexity index is 994. The van der Waals surface area contributed by atoms with E-state index in [-0.39, 0.29) is 34.7 Å². The minimum absolute atomic E-state index is 0.0947. The fraction of sp³-hybridized carbons (Fsp3) is 0.844. The van der Waals surface area contributed by atoms with Crippen LogP contribution in [0, 0.1) is 40.9 Å². The molecule has 1 unspecified atom stereocenters. The Morgan fingerprint density at radius 3 is 2.17 bits per heavy atom. The van der Waals surface area contributed by atoms with Gasteiger partial charge in [0, 0.05) is 43.9 Å². The number of carbonyl (C=O) groups excluding carboxylic acids is 3. The van der Waals surface area contributed by atoms with Gasteiger partial charge in [0.05, 0.1) is 30.9 Å². The molecule has 8 heteroatoms. The fourth-order valence-corrected chi connectivity index (χ4v) is 8.92. The lowest BCUT2D eigenvalue weighted by atomic mass is 9.48. The lowest BCUT2D eigenvalue weighted by Gasteiger charge is -2.56. The van der Waals surface area contributed by atoms with Gasteiger partial charge in [-0.15, -0.1) is 0 Å². The van der Waals surface area contributed by atoms with E-state index in [1.54, 1.807) is 4.90 Å². The van der Waals surface area contributed by atoms with Crippen LogP contribution >= 0.6 is 0 Å². The maximum absolute atomic E-state index is 14.2. The van der Waals surface area contributed by atoms with Crippen LogP contribution < -0.4 is 0 Å². The van der Waals surface area contributed by atoms with Gasteiger partial charge in [-0.25, -0.2) is 4.79 Å². The van der Waals surface area contributed by atoms with Gasteiger partial charge >= 0.3 is 6.09 Å². The van der Waals surface area contributed by atoms with Crippen molar-refractivity contribution in [1.29, 1.82) is 0 Å². The number of nitrogens with zero attached hydrogens (tertiary/aromatic N) is 2. The number of hydrogen-bond acceptors (Lipinski definition) is 7. The molecule has 1 amide bonds. The van der Waals surface area contributed by atoms with Gasteiger partial charge < -0.3 is 14.2 Å². The summed E-state index contributed by atoms with van der Waals surface area (Å²) < 4.78 is 18.1. The number of rotatable bonds is 4. The van der Waals surface area contributed by atoms with E-state index in [0.29, 0.717) is 44.4 Å². The van der Waals surface area contributed by atoms with Crippen LogP contribution in [0.5, 0.6) is 0 Å². The first-order valence-electron chi connectivity index (χ1n) is 15.5. The molecule has 3 saturated heterocycles. The van der Waals surface area contributed by atoms with E-state index in [2.05, 4.69) is 25.3 Å². The van der Waals surface area contributed by atoms with Crippen molar-refractivity contribution in [2.24, 2.45) is 40.9 Å². The molecule has 4 fully saturated rings. The monoisotopic (exact) mass is 560 g/mol. The van der Waals surface area contributed by atoms with Gasteiger partial charge in [0.15, 0.2) is 5.60 Å². The lowest BCUT2D eigenvalue weighted by molar-refractivity contribution is -0.146. The molecular formula is C32H52N2O6. The molecule has 226 valence electrons. The van der Waals surface area contributed by atoms with E-state index in [1.807, 2.05) is 41.5 Å². The third-order valence-electron chi connectivity index (χ3n) is 10.8. The summed E-state index contributed by atoms with van der Waals surface area (Å²) in [7, 11) is 0. The van der Waals surface area contributed by atoms with Gasteiger partial charge in [-0.2, -0.15) is 0 Å². The molecule has 0 bridgehead atoms. The number of allylic oxidation sites excluding steroid dienone is 1. The fourth-order valence-electron chi connectivity index (χ4n) is 8.92. The number of Topliss-reactive ketones (excluding diaryl/α,β-unsaturated/α-hetero) is 2. The van der Waals surface area contributed by atoms with Gasteiger partial charge in [0.25, 0.3) is 0 Å². The second-order valence-electron chi connectivity index (χ2n) is 13.7. The number of ketones is 2. The third kappa shape index (κ3) is 5.47. The molecule has 8 nitrogen and oxygen atoms in total. The highest BCUT2D eigenvalue weighted by molar-refractivity contribution is 5.86. The smallest absolute Gasteiger partial charge is 0.410 e. The number of fused-ring (bicyclic) bond motifs is 2. The number of hydrogen-bond donors (Lipinski definition) is 0. The van der Waals surface area contributed by atoms with Crippen LogP contribution in [0.15, 0.2) is 12.3 Å². The molecule has 4 rings (SSSR count). The van der Waals surface area contributed by atoms with Crippen LogP contribution in [0.2, 0.25) is 0 Å². The van der Waals surface area contributed by atoms with Crippen LogP contribution in [0.3, 0.4) is 0 Å². The van der Waals surface area contributed by atoms with E-state index >= 15 is 0 Å². The quantitative estimate of drug-likeness (QED) is 0.481. The van der Waals surface area contributed by atoms with Crippen molar-refractivity contribution in [3.8, 4) is 0 Å². The number of carbonyl (C=O) groups is 3. The van der Waals surface area contributed by atoms with E-state index in [4.69, 9.17) is 14.2 Å². The van der Waals surface area contributed by atoms with Gasteiger partial charge in [-0.05, 0) is 50.4 Å². The summed E-state index contributed by atoms with van der Waals surface area (Å²) in [6, 6.07) is -0.495. The minimum Gasteiger partial charge on any atom is -0.490 e. The van der Waals surface area contributed by atoms with Gasteiger partial charge in [0.1, 0.15) is 17.7 Å². The maximum atomic E-state index is 14.2. The Labute approximate surface area is 241 Å². The first-order valence-corrected chi connectivity index (χ1v) is 15.5. The van der Waals surface area contributed by atoms with Gasteiger partial charge in [-0.1, -0.05) is 48.1 Å². The summed E-state index contributed by atoms with van der Waals surface area (Å²) in [6.45, 7) is 24.6. The number of amides is 1.